The molecule has 0 spiro atoms. The minimum atomic E-state index is -0.950. The SMILES string of the molecule is CCOC(Cc1ccc(OCc2sc(-c3ccc(-c4cc(C)no4)cc3)cc2C)cc1)C(=O)O. The van der Waals surface area contributed by atoms with Crippen LogP contribution in [0.4, 0.5) is 0 Å². The quantitative estimate of drug-likeness (QED) is 0.289. The summed E-state index contributed by atoms with van der Waals surface area (Å²) < 4.78 is 16.6. The molecule has 6 nitrogen and oxygen atoms in total. The topological polar surface area (TPSA) is 81.8 Å². The van der Waals surface area contributed by atoms with Crippen molar-refractivity contribution in [3.05, 3.63) is 82.4 Å². The predicted octanol–water partition coefficient (Wildman–Crippen LogP) is 6.30. The van der Waals surface area contributed by atoms with E-state index in [0.717, 1.165) is 38.8 Å². The summed E-state index contributed by atoms with van der Waals surface area (Å²) in [6.07, 6.45) is -0.510. The third-order valence-corrected chi connectivity index (χ3v) is 6.72. The van der Waals surface area contributed by atoms with Gasteiger partial charge < -0.3 is 19.1 Å². The zero-order valence-corrected chi connectivity index (χ0v) is 20.2. The Bertz CT molecular complexity index is 1240. The normalized spacial score (nSPS) is 12.0. The number of rotatable bonds is 10. The summed E-state index contributed by atoms with van der Waals surface area (Å²) in [5.74, 6) is 0.560. The Kier molecular flexibility index (Phi) is 7.45. The van der Waals surface area contributed by atoms with Crippen LogP contribution in [0.5, 0.6) is 5.75 Å². The van der Waals surface area contributed by atoms with Crippen molar-refractivity contribution in [2.45, 2.75) is 39.9 Å². The van der Waals surface area contributed by atoms with E-state index in [9.17, 15) is 9.90 Å². The molecular weight excluding hydrogens is 450 g/mol. The number of aliphatic carboxylic acids is 1. The van der Waals surface area contributed by atoms with Crippen molar-refractivity contribution >= 4 is 17.3 Å². The Labute approximate surface area is 202 Å². The molecule has 0 radical (unpaired) electrons. The van der Waals surface area contributed by atoms with Crippen LogP contribution < -0.4 is 4.74 Å². The molecule has 0 aliphatic carbocycles. The highest BCUT2D eigenvalue weighted by atomic mass is 32.1. The lowest BCUT2D eigenvalue weighted by atomic mass is 10.1. The van der Waals surface area contributed by atoms with E-state index in [1.165, 1.54) is 10.4 Å². The van der Waals surface area contributed by atoms with Gasteiger partial charge in [0.25, 0.3) is 0 Å². The second kappa shape index (κ2) is 10.7. The van der Waals surface area contributed by atoms with E-state index in [2.05, 4.69) is 30.3 Å². The number of carboxylic acid groups (broad SMARTS) is 1. The first kappa shape index (κ1) is 23.7. The van der Waals surface area contributed by atoms with Gasteiger partial charge in [0.05, 0.1) is 5.69 Å². The van der Waals surface area contributed by atoms with Crippen LogP contribution >= 0.6 is 11.3 Å². The Morgan fingerprint density at radius 2 is 1.76 bits per heavy atom. The fourth-order valence-electron chi connectivity index (χ4n) is 3.61. The van der Waals surface area contributed by atoms with Crippen LogP contribution in [0.25, 0.3) is 21.8 Å². The molecule has 176 valence electrons. The van der Waals surface area contributed by atoms with Crippen molar-refractivity contribution in [2.24, 2.45) is 0 Å². The van der Waals surface area contributed by atoms with Crippen LogP contribution in [0.2, 0.25) is 0 Å². The third-order valence-electron chi connectivity index (χ3n) is 5.46. The number of aromatic nitrogens is 1. The second-order valence-electron chi connectivity index (χ2n) is 8.05. The predicted molar refractivity (Wildman–Crippen MR) is 132 cm³/mol. The van der Waals surface area contributed by atoms with E-state index in [4.69, 9.17) is 14.0 Å². The number of ether oxygens (including phenoxy) is 2. The van der Waals surface area contributed by atoms with Crippen molar-refractivity contribution < 1.29 is 23.9 Å². The Morgan fingerprint density at radius 3 is 2.38 bits per heavy atom. The number of hydrogen-bond acceptors (Lipinski definition) is 6. The lowest BCUT2D eigenvalue weighted by molar-refractivity contribution is -0.149. The molecule has 0 amide bonds. The molecule has 0 saturated heterocycles. The number of benzene rings is 2. The molecule has 7 heteroatoms. The zero-order valence-electron chi connectivity index (χ0n) is 19.4. The van der Waals surface area contributed by atoms with Crippen molar-refractivity contribution in [3.63, 3.8) is 0 Å². The molecule has 0 aliphatic rings. The standard InChI is InChI=1S/C27H27NO5S/c1-4-31-24(27(29)30)15-19-5-11-22(12-6-19)32-16-26-17(2)13-25(34-26)21-9-7-20(8-10-21)23-14-18(3)28-33-23/h5-14,24H,4,15-16H2,1-3H3,(H,29,30). The van der Waals surface area contributed by atoms with Crippen molar-refractivity contribution in [3.8, 4) is 27.5 Å². The van der Waals surface area contributed by atoms with Crippen molar-refractivity contribution in [1.82, 2.24) is 5.16 Å². The highest BCUT2D eigenvalue weighted by molar-refractivity contribution is 7.15. The summed E-state index contributed by atoms with van der Waals surface area (Å²) in [4.78, 5) is 13.6. The van der Waals surface area contributed by atoms with E-state index >= 15 is 0 Å². The molecular formula is C27H27NO5S. The van der Waals surface area contributed by atoms with Gasteiger partial charge in [-0.1, -0.05) is 41.6 Å². The van der Waals surface area contributed by atoms with Gasteiger partial charge in [-0.2, -0.15) is 0 Å². The number of carbonyl (C=O) groups is 1. The molecule has 0 bridgehead atoms. The molecule has 1 N–H and O–H groups in total. The van der Waals surface area contributed by atoms with Crippen LogP contribution in [0, 0.1) is 13.8 Å². The van der Waals surface area contributed by atoms with E-state index in [1.807, 2.05) is 49.4 Å². The number of hydrogen-bond donors (Lipinski definition) is 1. The zero-order chi connectivity index (χ0) is 24.1. The summed E-state index contributed by atoms with van der Waals surface area (Å²) >= 11 is 1.72. The summed E-state index contributed by atoms with van der Waals surface area (Å²) in [5.41, 5.74) is 5.09. The fraction of sp³-hybridized carbons (Fsp3) is 0.259. The van der Waals surface area contributed by atoms with Crippen molar-refractivity contribution in [2.75, 3.05) is 6.61 Å². The molecule has 0 aliphatic heterocycles. The molecule has 2 aromatic carbocycles. The first-order chi connectivity index (χ1) is 16.4. The monoisotopic (exact) mass is 477 g/mol. The summed E-state index contributed by atoms with van der Waals surface area (Å²) in [5, 5.41) is 13.2. The first-order valence-corrected chi connectivity index (χ1v) is 11.9. The highest BCUT2D eigenvalue weighted by Gasteiger charge is 2.18. The van der Waals surface area contributed by atoms with Gasteiger partial charge in [-0.05, 0) is 55.7 Å². The van der Waals surface area contributed by atoms with Gasteiger partial charge in [0.2, 0.25) is 0 Å². The van der Waals surface area contributed by atoms with Gasteiger partial charge in [-0.3, -0.25) is 0 Å². The summed E-state index contributed by atoms with van der Waals surface area (Å²) in [6, 6.07) is 19.9. The van der Waals surface area contributed by atoms with Crippen molar-refractivity contribution in [1.29, 1.82) is 0 Å². The van der Waals surface area contributed by atoms with Gasteiger partial charge in [0.1, 0.15) is 12.4 Å². The largest absolute Gasteiger partial charge is 0.488 e. The van der Waals surface area contributed by atoms with E-state index in [-0.39, 0.29) is 0 Å². The fourth-order valence-corrected chi connectivity index (χ4v) is 4.70. The second-order valence-corrected chi connectivity index (χ2v) is 9.18. The van der Waals surface area contributed by atoms with Crippen LogP contribution in [0.3, 0.4) is 0 Å². The van der Waals surface area contributed by atoms with Gasteiger partial charge in [0.15, 0.2) is 11.9 Å². The molecule has 0 fully saturated rings. The van der Waals surface area contributed by atoms with Gasteiger partial charge >= 0.3 is 5.97 Å². The van der Waals surface area contributed by atoms with Gasteiger partial charge in [-0.15, -0.1) is 11.3 Å². The third kappa shape index (κ3) is 5.73. The van der Waals surface area contributed by atoms with Gasteiger partial charge in [-0.25, -0.2) is 4.79 Å². The minimum Gasteiger partial charge on any atom is -0.488 e. The molecule has 1 atom stereocenters. The maximum atomic E-state index is 11.3. The molecule has 4 aromatic rings. The Balaban J connectivity index is 1.38. The Hall–Kier alpha value is -3.42. The maximum absolute atomic E-state index is 11.3. The minimum absolute atomic E-state index is 0.325. The molecule has 0 saturated carbocycles. The smallest absolute Gasteiger partial charge is 0.333 e. The molecule has 4 rings (SSSR count). The van der Waals surface area contributed by atoms with Crippen LogP contribution in [0.1, 0.15) is 28.6 Å². The summed E-state index contributed by atoms with van der Waals surface area (Å²) in [7, 11) is 0. The van der Waals surface area contributed by atoms with E-state index in [0.29, 0.717) is 19.6 Å². The summed E-state index contributed by atoms with van der Waals surface area (Å²) in [6.45, 7) is 6.63. The number of nitrogens with zero attached hydrogens (tertiary/aromatic N) is 1. The van der Waals surface area contributed by atoms with Crippen LogP contribution in [-0.2, 0) is 22.6 Å². The molecule has 2 heterocycles. The average molecular weight is 478 g/mol. The number of aryl methyl sites for hydroxylation is 2. The highest BCUT2D eigenvalue weighted by Crippen LogP contribution is 2.33. The van der Waals surface area contributed by atoms with E-state index < -0.39 is 12.1 Å². The first-order valence-electron chi connectivity index (χ1n) is 11.1. The van der Waals surface area contributed by atoms with Crippen LogP contribution in [-0.4, -0.2) is 28.9 Å². The number of thiophene rings is 1. The Morgan fingerprint density at radius 1 is 1.06 bits per heavy atom. The maximum Gasteiger partial charge on any atom is 0.333 e. The lowest BCUT2D eigenvalue weighted by Gasteiger charge is -2.13. The molecule has 34 heavy (non-hydrogen) atoms. The molecule has 1 unspecified atom stereocenters. The average Bonchev–Trinajstić information content (AvgIpc) is 3.43. The van der Waals surface area contributed by atoms with Crippen LogP contribution in [0.15, 0.2) is 65.2 Å². The molecule has 2 aromatic heterocycles. The lowest BCUT2D eigenvalue weighted by Crippen LogP contribution is -2.26. The van der Waals surface area contributed by atoms with E-state index in [1.54, 1.807) is 18.3 Å². The number of carboxylic acids is 1. The van der Waals surface area contributed by atoms with Gasteiger partial charge in [0, 0.05) is 34.4 Å².